The quantitative estimate of drug-likeness (QED) is 0.311. The molecule has 0 aromatic heterocycles. The fourth-order valence-electron chi connectivity index (χ4n) is 4.05. The number of allylic oxidation sites excluding steroid dienone is 1. The predicted molar refractivity (Wildman–Crippen MR) is 135 cm³/mol. The second-order valence-electron chi connectivity index (χ2n) is 7.64. The van der Waals surface area contributed by atoms with E-state index in [0.29, 0.717) is 0 Å². The second kappa shape index (κ2) is 9.70. The van der Waals surface area contributed by atoms with Gasteiger partial charge in [0.25, 0.3) is 0 Å². The Morgan fingerprint density at radius 1 is 0.567 bits per heavy atom. The molecule has 0 N–H and O–H groups in total. The summed E-state index contributed by atoms with van der Waals surface area (Å²) in [6.07, 6.45) is 6.76. The van der Waals surface area contributed by atoms with Crippen LogP contribution in [0.1, 0.15) is 17.5 Å². The first kappa shape index (κ1) is 20.3. The van der Waals surface area contributed by atoms with Crippen LogP contribution in [0.3, 0.4) is 0 Å². The molecule has 0 spiro atoms. The lowest BCUT2D eigenvalue weighted by atomic mass is 10.1. The highest BCUT2D eigenvalue weighted by molar-refractivity contribution is 7.95. The van der Waals surface area contributed by atoms with Crippen molar-refractivity contribution in [1.82, 2.24) is 0 Å². The van der Waals surface area contributed by atoms with Gasteiger partial charge < -0.3 is 0 Å². The van der Waals surface area contributed by atoms with E-state index in [1.54, 1.807) is 0 Å². The average Bonchev–Trinajstić information content (AvgIpc) is 2.82. The first-order valence-corrected chi connectivity index (χ1v) is 12.5. The van der Waals surface area contributed by atoms with Gasteiger partial charge >= 0.3 is 0 Å². The zero-order valence-electron chi connectivity index (χ0n) is 17.5. The van der Waals surface area contributed by atoms with Gasteiger partial charge in [-0.25, -0.2) is 0 Å². The van der Waals surface area contributed by atoms with Gasteiger partial charge in [0.15, 0.2) is 0 Å². The van der Waals surface area contributed by atoms with E-state index >= 15 is 0 Å². The Bertz CT molecular complexity index is 969. The normalized spacial score (nSPS) is 11.6. The van der Waals surface area contributed by atoms with Crippen molar-refractivity contribution in [1.29, 1.82) is 0 Å². The average molecular weight is 408 g/mol. The predicted octanol–water partition coefficient (Wildman–Crippen LogP) is 6.39. The van der Waals surface area contributed by atoms with Crippen molar-refractivity contribution in [2.24, 2.45) is 0 Å². The third kappa shape index (κ3) is 4.45. The van der Waals surface area contributed by atoms with Crippen LogP contribution in [-0.2, 0) is 0 Å². The number of hydrogen-bond acceptors (Lipinski definition) is 0. The zero-order valence-corrected chi connectivity index (χ0v) is 18.4. The molecule has 148 valence electrons. The summed E-state index contributed by atoms with van der Waals surface area (Å²) in [6, 6.07) is 42.1. The van der Waals surface area contributed by atoms with Crippen LogP contribution in [0.15, 0.2) is 121 Å². The van der Waals surface area contributed by atoms with Crippen molar-refractivity contribution >= 4 is 29.3 Å². The molecule has 4 aromatic rings. The lowest BCUT2D eigenvalue weighted by Crippen LogP contribution is -2.33. The van der Waals surface area contributed by atoms with E-state index < -0.39 is 7.26 Å². The first-order valence-electron chi connectivity index (χ1n) is 10.6. The Labute approximate surface area is 181 Å². The van der Waals surface area contributed by atoms with E-state index in [9.17, 15) is 0 Å². The van der Waals surface area contributed by atoms with Crippen LogP contribution in [-0.4, -0.2) is 6.16 Å². The Morgan fingerprint density at radius 3 is 1.43 bits per heavy atom. The molecule has 4 aromatic carbocycles. The largest absolute Gasteiger partial charge is 0.112 e. The smallest absolute Gasteiger partial charge is 0.0803 e. The minimum absolute atomic E-state index is 1.04. The number of aryl methyl sites for hydroxylation is 1. The molecule has 0 saturated heterocycles. The van der Waals surface area contributed by atoms with Crippen LogP contribution in [0.2, 0.25) is 0 Å². The molecule has 0 bridgehead atoms. The standard InChI is InChI=1S/C29H28P/c1-25-20-22-26(23-21-25)13-11-12-24-30(27-14-5-2-6-15-27,28-16-7-3-8-17-28)29-18-9-4-10-19-29/h2-11,13-23H,12,24H2,1H3/q+1/b13-11-. The fourth-order valence-corrected chi connectivity index (χ4v) is 8.30. The molecule has 0 amide bonds. The maximum atomic E-state index is 2.34. The minimum atomic E-state index is -1.73. The van der Waals surface area contributed by atoms with Gasteiger partial charge in [-0.1, -0.05) is 96.6 Å². The van der Waals surface area contributed by atoms with Crippen molar-refractivity contribution in [3.63, 3.8) is 0 Å². The summed E-state index contributed by atoms with van der Waals surface area (Å²) >= 11 is 0. The van der Waals surface area contributed by atoms with Crippen LogP contribution in [0.4, 0.5) is 0 Å². The van der Waals surface area contributed by atoms with Crippen molar-refractivity contribution in [2.75, 3.05) is 6.16 Å². The minimum Gasteiger partial charge on any atom is -0.0803 e. The molecule has 0 nitrogen and oxygen atoms in total. The summed E-state index contributed by atoms with van der Waals surface area (Å²) < 4.78 is 0. The Balaban J connectivity index is 1.74. The summed E-state index contributed by atoms with van der Waals surface area (Å²) in [5, 5.41) is 4.35. The van der Waals surface area contributed by atoms with Crippen molar-refractivity contribution in [2.45, 2.75) is 13.3 Å². The summed E-state index contributed by atoms with van der Waals surface area (Å²) in [5.41, 5.74) is 2.57. The summed E-state index contributed by atoms with van der Waals surface area (Å²) in [6.45, 7) is 2.13. The highest BCUT2D eigenvalue weighted by Gasteiger charge is 2.44. The van der Waals surface area contributed by atoms with Crippen LogP contribution in [0.5, 0.6) is 0 Å². The summed E-state index contributed by atoms with van der Waals surface area (Å²) in [5.74, 6) is 0. The van der Waals surface area contributed by atoms with Gasteiger partial charge in [-0.15, -0.1) is 0 Å². The molecule has 4 rings (SSSR count). The van der Waals surface area contributed by atoms with E-state index in [1.165, 1.54) is 27.0 Å². The SMILES string of the molecule is Cc1ccc(/C=C\CC[P+](c2ccccc2)(c2ccccc2)c2ccccc2)cc1. The van der Waals surface area contributed by atoms with E-state index in [1.807, 2.05) is 0 Å². The monoisotopic (exact) mass is 407 g/mol. The molecule has 0 aliphatic carbocycles. The molecule has 0 aliphatic rings. The number of rotatable bonds is 7. The Kier molecular flexibility index (Phi) is 6.57. The highest BCUT2D eigenvalue weighted by Crippen LogP contribution is 2.55. The van der Waals surface area contributed by atoms with Gasteiger partial charge in [0.05, 0.1) is 6.16 Å². The van der Waals surface area contributed by atoms with E-state index in [-0.39, 0.29) is 0 Å². The maximum Gasteiger partial charge on any atom is 0.112 e. The van der Waals surface area contributed by atoms with Gasteiger partial charge in [-0.3, -0.25) is 0 Å². The van der Waals surface area contributed by atoms with Crippen LogP contribution >= 0.6 is 7.26 Å². The second-order valence-corrected chi connectivity index (χ2v) is 11.3. The van der Waals surface area contributed by atoms with Gasteiger partial charge in [-0.2, -0.15) is 0 Å². The van der Waals surface area contributed by atoms with E-state index in [4.69, 9.17) is 0 Å². The van der Waals surface area contributed by atoms with Gasteiger partial charge in [0.1, 0.15) is 23.2 Å². The van der Waals surface area contributed by atoms with Crippen molar-refractivity contribution in [3.05, 3.63) is 132 Å². The molecule has 0 fully saturated rings. The molecule has 1 heteroatoms. The summed E-state index contributed by atoms with van der Waals surface area (Å²) in [7, 11) is -1.73. The van der Waals surface area contributed by atoms with E-state index in [2.05, 4.69) is 134 Å². The molecular formula is C29H28P+. The fraction of sp³-hybridized carbons (Fsp3) is 0.103. The Morgan fingerprint density at radius 2 is 1.00 bits per heavy atom. The summed E-state index contributed by atoms with van der Waals surface area (Å²) in [4.78, 5) is 0. The third-order valence-electron chi connectivity index (χ3n) is 5.61. The van der Waals surface area contributed by atoms with E-state index in [0.717, 1.165) is 12.6 Å². The molecule has 0 unspecified atom stereocenters. The van der Waals surface area contributed by atoms with Crippen LogP contribution in [0.25, 0.3) is 6.08 Å². The van der Waals surface area contributed by atoms with Crippen molar-refractivity contribution in [3.8, 4) is 0 Å². The maximum absolute atomic E-state index is 2.34. The lowest BCUT2D eigenvalue weighted by Gasteiger charge is -2.27. The lowest BCUT2D eigenvalue weighted by molar-refractivity contribution is 1.24. The number of benzene rings is 4. The number of hydrogen-bond donors (Lipinski definition) is 0. The van der Waals surface area contributed by atoms with Crippen LogP contribution < -0.4 is 15.9 Å². The molecule has 0 aliphatic heterocycles. The molecular weight excluding hydrogens is 379 g/mol. The first-order chi connectivity index (χ1) is 14.8. The zero-order chi connectivity index (χ0) is 20.7. The molecule has 0 radical (unpaired) electrons. The van der Waals surface area contributed by atoms with Gasteiger partial charge in [-0.05, 0) is 48.9 Å². The van der Waals surface area contributed by atoms with Crippen LogP contribution in [0, 0.1) is 6.92 Å². The molecule has 0 saturated carbocycles. The van der Waals surface area contributed by atoms with Gasteiger partial charge in [0, 0.05) is 6.42 Å². The third-order valence-corrected chi connectivity index (χ3v) is 10.1. The molecule has 0 atom stereocenters. The topological polar surface area (TPSA) is 0 Å². The molecule has 30 heavy (non-hydrogen) atoms. The van der Waals surface area contributed by atoms with Crippen molar-refractivity contribution < 1.29 is 0 Å². The molecule has 0 heterocycles. The Hall–Kier alpha value is -2.95. The highest BCUT2D eigenvalue weighted by atomic mass is 31.2. The van der Waals surface area contributed by atoms with Gasteiger partial charge in [0.2, 0.25) is 0 Å².